The third-order valence-corrected chi connectivity index (χ3v) is 4.29. The molecule has 0 spiro atoms. The van der Waals surface area contributed by atoms with E-state index in [4.69, 9.17) is 12.2 Å². The van der Waals surface area contributed by atoms with Crippen molar-refractivity contribution in [3.05, 3.63) is 58.8 Å². The van der Waals surface area contributed by atoms with Crippen LogP contribution in [0.3, 0.4) is 0 Å². The van der Waals surface area contributed by atoms with E-state index >= 15 is 0 Å². The van der Waals surface area contributed by atoms with E-state index in [0.29, 0.717) is 5.11 Å². The number of nitrogens with one attached hydrogen (secondary N) is 2. The van der Waals surface area contributed by atoms with Gasteiger partial charge in [-0.1, -0.05) is 34.1 Å². The van der Waals surface area contributed by atoms with Crippen molar-refractivity contribution in [2.45, 2.75) is 13.5 Å². The number of benzene rings is 2. The van der Waals surface area contributed by atoms with E-state index in [1.54, 1.807) is 0 Å². The molecule has 0 radical (unpaired) electrons. The molecule has 3 aromatic rings. The molecule has 0 aliphatic heterocycles. The number of imidazole rings is 1. The van der Waals surface area contributed by atoms with Gasteiger partial charge < -0.3 is 15.2 Å². The third kappa shape index (κ3) is 3.89. The van der Waals surface area contributed by atoms with E-state index in [1.165, 1.54) is 0 Å². The molecule has 0 aliphatic rings. The van der Waals surface area contributed by atoms with Crippen LogP contribution in [0.25, 0.3) is 11.0 Å². The lowest BCUT2D eigenvalue weighted by atomic mass is 10.3. The molecule has 0 atom stereocenters. The fourth-order valence-corrected chi connectivity index (χ4v) is 3.12. The largest absolute Gasteiger partial charge is 0.361 e. The minimum atomic E-state index is 0.616. The molecule has 0 saturated carbocycles. The second-order valence-corrected chi connectivity index (χ2v) is 6.51. The molecule has 1 aromatic heterocycles. The summed E-state index contributed by atoms with van der Waals surface area (Å²) in [5.74, 6) is 1.01. The molecular formula is C17H17BrN4S. The first-order chi connectivity index (χ1) is 11.1. The van der Waals surface area contributed by atoms with Crippen LogP contribution in [0.1, 0.15) is 5.82 Å². The number of para-hydroxylation sites is 2. The van der Waals surface area contributed by atoms with Gasteiger partial charge in [-0.05, 0) is 49.5 Å². The molecule has 2 aromatic carbocycles. The minimum absolute atomic E-state index is 0.616. The molecule has 4 nitrogen and oxygen atoms in total. The molecule has 3 rings (SSSR count). The molecule has 23 heavy (non-hydrogen) atoms. The van der Waals surface area contributed by atoms with Gasteiger partial charge in [-0.3, -0.25) is 0 Å². The van der Waals surface area contributed by atoms with Crippen molar-refractivity contribution in [3.8, 4) is 0 Å². The highest BCUT2D eigenvalue weighted by atomic mass is 79.9. The van der Waals surface area contributed by atoms with E-state index in [1.807, 2.05) is 49.4 Å². The summed E-state index contributed by atoms with van der Waals surface area (Å²) >= 11 is 8.79. The van der Waals surface area contributed by atoms with E-state index in [9.17, 15) is 0 Å². The third-order valence-electron chi connectivity index (χ3n) is 3.55. The fraction of sp³-hybridized carbons (Fsp3) is 0.176. The number of aryl methyl sites for hydroxylation is 1. The lowest BCUT2D eigenvalue weighted by Crippen LogP contribution is -2.31. The molecule has 6 heteroatoms. The molecule has 1 heterocycles. The number of halogens is 1. The summed E-state index contributed by atoms with van der Waals surface area (Å²) in [7, 11) is 0. The maximum Gasteiger partial charge on any atom is 0.170 e. The average molecular weight is 389 g/mol. The monoisotopic (exact) mass is 388 g/mol. The quantitative estimate of drug-likeness (QED) is 0.660. The van der Waals surface area contributed by atoms with Crippen molar-refractivity contribution >= 4 is 50.0 Å². The van der Waals surface area contributed by atoms with Gasteiger partial charge in [0.1, 0.15) is 5.82 Å². The Morgan fingerprint density at radius 3 is 2.87 bits per heavy atom. The maximum absolute atomic E-state index is 5.34. The summed E-state index contributed by atoms with van der Waals surface area (Å²) in [6.45, 7) is 3.58. The normalized spacial score (nSPS) is 10.7. The van der Waals surface area contributed by atoms with Gasteiger partial charge in [0.2, 0.25) is 0 Å². The Kier molecular flexibility index (Phi) is 4.93. The summed E-state index contributed by atoms with van der Waals surface area (Å²) in [6.07, 6.45) is 0. The van der Waals surface area contributed by atoms with Crippen molar-refractivity contribution in [1.29, 1.82) is 0 Å². The summed E-state index contributed by atoms with van der Waals surface area (Å²) in [5.41, 5.74) is 3.14. The standard InChI is InChI=1S/C17H17BrN4S/c1-12-20-15-7-2-3-8-16(15)22(12)10-9-19-17(23)21-14-6-4-5-13(18)11-14/h2-8,11H,9-10H2,1H3,(H2,19,21,23). The lowest BCUT2D eigenvalue weighted by molar-refractivity contribution is 0.673. The maximum atomic E-state index is 5.34. The van der Waals surface area contributed by atoms with E-state index in [-0.39, 0.29) is 0 Å². The molecule has 0 bridgehead atoms. The molecule has 0 fully saturated rings. The number of hydrogen-bond donors (Lipinski definition) is 2. The first kappa shape index (κ1) is 16.0. The van der Waals surface area contributed by atoms with Gasteiger partial charge in [0.15, 0.2) is 5.11 Å². The highest BCUT2D eigenvalue weighted by molar-refractivity contribution is 9.10. The molecule has 118 valence electrons. The molecule has 0 saturated heterocycles. The Morgan fingerprint density at radius 1 is 1.22 bits per heavy atom. The van der Waals surface area contributed by atoms with Gasteiger partial charge in [-0.2, -0.15) is 0 Å². The Balaban J connectivity index is 1.58. The van der Waals surface area contributed by atoms with Gasteiger partial charge in [-0.15, -0.1) is 0 Å². The van der Waals surface area contributed by atoms with Crippen LogP contribution < -0.4 is 10.6 Å². The molecule has 0 unspecified atom stereocenters. The van der Waals surface area contributed by atoms with Gasteiger partial charge in [0.25, 0.3) is 0 Å². The SMILES string of the molecule is Cc1nc2ccccc2n1CCNC(=S)Nc1cccc(Br)c1. The zero-order valence-corrected chi connectivity index (χ0v) is 15.1. The highest BCUT2D eigenvalue weighted by Crippen LogP contribution is 2.16. The van der Waals surface area contributed by atoms with Crippen LogP contribution in [0.5, 0.6) is 0 Å². The van der Waals surface area contributed by atoms with Gasteiger partial charge in [-0.25, -0.2) is 4.98 Å². The van der Waals surface area contributed by atoms with Crippen LogP contribution in [0.4, 0.5) is 5.69 Å². The van der Waals surface area contributed by atoms with E-state index in [0.717, 1.165) is 40.1 Å². The molecular weight excluding hydrogens is 372 g/mol. The zero-order chi connectivity index (χ0) is 16.2. The van der Waals surface area contributed by atoms with Crippen molar-refractivity contribution in [2.75, 3.05) is 11.9 Å². The van der Waals surface area contributed by atoms with E-state index < -0.39 is 0 Å². The second-order valence-electron chi connectivity index (χ2n) is 5.19. The average Bonchev–Trinajstić information content (AvgIpc) is 2.83. The number of fused-ring (bicyclic) bond motifs is 1. The van der Waals surface area contributed by atoms with Crippen molar-refractivity contribution in [1.82, 2.24) is 14.9 Å². The number of thiocarbonyl (C=S) groups is 1. The Morgan fingerprint density at radius 2 is 2.04 bits per heavy atom. The van der Waals surface area contributed by atoms with Crippen molar-refractivity contribution < 1.29 is 0 Å². The Bertz CT molecular complexity index is 843. The van der Waals surface area contributed by atoms with Gasteiger partial charge >= 0.3 is 0 Å². The summed E-state index contributed by atoms with van der Waals surface area (Å²) in [6, 6.07) is 16.1. The van der Waals surface area contributed by atoms with Crippen molar-refractivity contribution in [2.24, 2.45) is 0 Å². The second kappa shape index (κ2) is 7.10. The summed E-state index contributed by atoms with van der Waals surface area (Å²) < 4.78 is 3.22. The van der Waals surface area contributed by atoms with Crippen LogP contribution in [-0.4, -0.2) is 21.2 Å². The van der Waals surface area contributed by atoms with Crippen molar-refractivity contribution in [3.63, 3.8) is 0 Å². The topological polar surface area (TPSA) is 41.9 Å². The van der Waals surface area contributed by atoms with Crippen LogP contribution in [0, 0.1) is 6.92 Å². The van der Waals surface area contributed by atoms with Crippen LogP contribution >= 0.6 is 28.1 Å². The summed E-state index contributed by atoms with van der Waals surface area (Å²) in [4.78, 5) is 4.57. The van der Waals surface area contributed by atoms with Gasteiger partial charge in [0.05, 0.1) is 11.0 Å². The smallest absolute Gasteiger partial charge is 0.170 e. The number of hydrogen-bond acceptors (Lipinski definition) is 2. The molecule has 0 amide bonds. The number of nitrogens with zero attached hydrogens (tertiary/aromatic N) is 2. The van der Waals surface area contributed by atoms with E-state index in [2.05, 4.69) is 42.2 Å². The Labute approximate surface area is 149 Å². The zero-order valence-electron chi connectivity index (χ0n) is 12.7. The van der Waals surface area contributed by atoms with Crippen LogP contribution in [-0.2, 0) is 6.54 Å². The number of aromatic nitrogens is 2. The predicted molar refractivity (Wildman–Crippen MR) is 103 cm³/mol. The first-order valence-electron chi connectivity index (χ1n) is 7.36. The molecule has 0 aliphatic carbocycles. The first-order valence-corrected chi connectivity index (χ1v) is 8.56. The predicted octanol–water partition coefficient (Wildman–Crippen LogP) is 4.09. The summed E-state index contributed by atoms with van der Waals surface area (Å²) in [5, 5.41) is 7.03. The lowest BCUT2D eigenvalue weighted by Gasteiger charge is -2.12. The highest BCUT2D eigenvalue weighted by Gasteiger charge is 2.06. The Hall–Kier alpha value is -1.92. The number of anilines is 1. The fourth-order valence-electron chi connectivity index (χ4n) is 2.50. The van der Waals surface area contributed by atoms with Crippen LogP contribution in [0.15, 0.2) is 53.0 Å². The van der Waals surface area contributed by atoms with Crippen LogP contribution in [0.2, 0.25) is 0 Å². The minimum Gasteiger partial charge on any atom is -0.361 e. The molecule has 2 N–H and O–H groups in total. The number of rotatable bonds is 4. The van der Waals surface area contributed by atoms with Gasteiger partial charge in [0, 0.05) is 23.2 Å².